The number of phenolic OH excluding ortho intramolecular Hbond substituents is 1. The number of hydrogen-bond donors (Lipinski definition) is 1. The molecule has 4 aromatic rings. The van der Waals surface area contributed by atoms with E-state index in [4.69, 9.17) is 43.9 Å². The molecule has 9 heteroatoms. The first kappa shape index (κ1) is 25.3. The van der Waals surface area contributed by atoms with Gasteiger partial charge in [-0.15, -0.1) is 5.46 Å². The maximum absolute atomic E-state index is 11.2. The van der Waals surface area contributed by atoms with Crippen LogP contribution in [-0.2, 0) is 4.65 Å². The van der Waals surface area contributed by atoms with E-state index >= 15 is 0 Å². The van der Waals surface area contributed by atoms with Gasteiger partial charge in [0.05, 0.1) is 16.6 Å². The van der Waals surface area contributed by atoms with E-state index in [0.717, 1.165) is 28.6 Å². The highest BCUT2D eigenvalue weighted by Crippen LogP contribution is 2.45. The summed E-state index contributed by atoms with van der Waals surface area (Å²) in [5.41, 5.74) is 5.94. The number of nitrogens with zero attached hydrogens (tertiary/aromatic N) is 1. The minimum absolute atomic E-state index is 0.00244. The Bertz CT molecular complexity index is 1480. The fraction of sp³-hybridized carbons (Fsp3) is 0.333. The van der Waals surface area contributed by atoms with Crippen molar-refractivity contribution >= 4 is 101 Å². The van der Waals surface area contributed by atoms with E-state index in [1.165, 1.54) is 0 Å². The molecule has 0 unspecified atom stereocenters. The Morgan fingerprint density at radius 1 is 0.778 bits per heavy atom. The van der Waals surface area contributed by atoms with Crippen molar-refractivity contribution in [2.45, 2.75) is 53.5 Å². The summed E-state index contributed by atoms with van der Waals surface area (Å²) in [4.78, 5) is 0. The topological polar surface area (TPSA) is 34.4 Å². The molecule has 1 aliphatic heterocycles. The summed E-state index contributed by atoms with van der Waals surface area (Å²) in [7, 11) is 32.0. The first-order valence-corrected chi connectivity index (χ1v) is 12.1. The number of phenols is 1. The molecule has 1 fully saturated rings. The number of aromatic hydroxyl groups is 1. The van der Waals surface area contributed by atoms with Gasteiger partial charge in [-0.05, 0) is 62.6 Å². The first-order chi connectivity index (χ1) is 16.7. The van der Waals surface area contributed by atoms with E-state index < -0.39 is 0 Å². The SMILES string of the molecule is [B]c1c([B])c(C)c2c(c1[B])c1c([B])c(C)c([B])c(O)c1n2-c1ccc(B2CC(C)(C)C(C)(C)O2)cc1. The second-order valence-electron chi connectivity index (χ2n) is 11.2. The van der Waals surface area contributed by atoms with Gasteiger partial charge in [0, 0.05) is 16.5 Å². The summed E-state index contributed by atoms with van der Waals surface area (Å²) < 4.78 is 8.34. The molecule has 0 aliphatic carbocycles. The standard InChI is InChI=1S/C27H25B6NO2/c1-12-18(28)16-17-21(31)22(32)19(29)13(2)23(17)34(24(16)25(35)20(12)30)15-9-7-14(8-10-15)33-11-26(3,4)27(5,6)36-33/h7-10,35H,11H2,1-6H3. The first-order valence-electron chi connectivity index (χ1n) is 12.1. The summed E-state index contributed by atoms with van der Waals surface area (Å²) in [6.45, 7) is 12.4. The molecule has 5 rings (SSSR count). The number of aromatic nitrogens is 1. The molecule has 1 saturated heterocycles. The van der Waals surface area contributed by atoms with Crippen LogP contribution in [0.5, 0.6) is 5.75 Å². The van der Waals surface area contributed by atoms with Crippen molar-refractivity contribution < 1.29 is 9.76 Å². The van der Waals surface area contributed by atoms with Crippen LogP contribution in [0.4, 0.5) is 0 Å². The van der Waals surface area contributed by atoms with Gasteiger partial charge in [0.1, 0.15) is 45.0 Å². The largest absolute Gasteiger partial charge is 0.506 e. The zero-order valence-electron chi connectivity index (χ0n) is 21.8. The van der Waals surface area contributed by atoms with Gasteiger partial charge in [-0.1, -0.05) is 53.4 Å². The second kappa shape index (κ2) is 8.05. The third-order valence-electron chi connectivity index (χ3n) is 8.62. The Balaban J connectivity index is 1.81. The van der Waals surface area contributed by atoms with Gasteiger partial charge in [-0.2, -0.15) is 0 Å². The summed E-state index contributed by atoms with van der Waals surface area (Å²) >= 11 is 0. The van der Waals surface area contributed by atoms with Crippen LogP contribution >= 0.6 is 0 Å². The fourth-order valence-electron chi connectivity index (χ4n) is 5.47. The maximum atomic E-state index is 11.2. The van der Waals surface area contributed by atoms with Crippen LogP contribution in [0.2, 0.25) is 6.32 Å². The van der Waals surface area contributed by atoms with Gasteiger partial charge in [0.15, 0.2) is 0 Å². The van der Waals surface area contributed by atoms with E-state index in [1.807, 2.05) is 23.6 Å². The van der Waals surface area contributed by atoms with Gasteiger partial charge in [0.2, 0.25) is 0 Å². The zero-order chi connectivity index (χ0) is 26.5. The lowest BCUT2D eigenvalue weighted by molar-refractivity contribution is 0.0375. The molecule has 168 valence electrons. The molecule has 3 aromatic carbocycles. The van der Waals surface area contributed by atoms with E-state index in [0.29, 0.717) is 43.7 Å². The van der Waals surface area contributed by atoms with Crippen molar-refractivity contribution in [2.24, 2.45) is 5.41 Å². The molecule has 3 nitrogen and oxygen atoms in total. The summed E-state index contributed by atoms with van der Waals surface area (Å²) in [6.07, 6.45) is 0.924. The molecule has 0 saturated carbocycles. The molecular formula is C27H25B6NO2. The second-order valence-corrected chi connectivity index (χ2v) is 11.2. The Morgan fingerprint density at radius 3 is 1.92 bits per heavy atom. The van der Waals surface area contributed by atoms with Crippen LogP contribution in [0.25, 0.3) is 27.5 Å². The lowest BCUT2D eigenvalue weighted by Gasteiger charge is -2.34. The van der Waals surface area contributed by atoms with Crippen molar-refractivity contribution in [3.63, 3.8) is 0 Å². The lowest BCUT2D eigenvalue weighted by Crippen LogP contribution is -2.41. The van der Waals surface area contributed by atoms with Crippen LogP contribution in [0.1, 0.15) is 38.8 Å². The van der Waals surface area contributed by atoms with Gasteiger partial charge in [0.25, 0.3) is 0 Å². The van der Waals surface area contributed by atoms with Crippen LogP contribution in [0.3, 0.4) is 0 Å². The minimum atomic E-state index is -0.228. The maximum Gasteiger partial charge on any atom is 0.327 e. The summed E-state index contributed by atoms with van der Waals surface area (Å²) in [5, 5.41) is 12.5. The van der Waals surface area contributed by atoms with Crippen LogP contribution in [0.15, 0.2) is 24.3 Å². The predicted octanol–water partition coefficient (Wildman–Crippen LogP) is 0.109. The monoisotopic (exact) mass is 461 g/mol. The highest BCUT2D eigenvalue weighted by Gasteiger charge is 2.49. The highest BCUT2D eigenvalue weighted by atomic mass is 16.5. The third kappa shape index (κ3) is 3.31. The van der Waals surface area contributed by atoms with E-state index in [9.17, 15) is 5.11 Å². The van der Waals surface area contributed by atoms with Gasteiger partial charge in [-0.25, -0.2) is 0 Å². The number of aryl methyl sites for hydroxylation is 1. The van der Waals surface area contributed by atoms with Crippen LogP contribution in [0, 0.1) is 19.3 Å². The minimum Gasteiger partial charge on any atom is -0.506 e. The molecule has 1 N–H and O–H groups in total. The molecular weight excluding hydrogens is 435 g/mol. The fourth-order valence-corrected chi connectivity index (χ4v) is 5.47. The molecule has 2 heterocycles. The lowest BCUT2D eigenvalue weighted by atomic mass is 9.54. The number of benzene rings is 3. The average Bonchev–Trinajstić information content (AvgIpc) is 3.29. The quantitative estimate of drug-likeness (QED) is 0.431. The molecule has 0 amide bonds. The zero-order valence-corrected chi connectivity index (χ0v) is 21.8. The van der Waals surface area contributed by atoms with Gasteiger partial charge < -0.3 is 14.3 Å². The Labute approximate surface area is 220 Å². The molecule has 1 aromatic heterocycles. The number of fused-ring (bicyclic) bond motifs is 3. The van der Waals surface area contributed by atoms with E-state index in [2.05, 4.69) is 39.8 Å². The molecule has 0 spiro atoms. The predicted molar refractivity (Wildman–Crippen MR) is 158 cm³/mol. The Kier molecular flexibility index (Phi) is 5.65. The van der Waals surface area contributed by atoms with E-state index in [1.54, 1.807) is 6.92 Å². The summed E-state index contributed by atoms with van der Waals surface area (Å²) in [5.74, 6) is -0.0597. The van der Waals surface area contributed by atoms with Crippen molar-refractivity contribution in [1.82, 2.24) is 4.57 Å². The average molecular weight is 460 g/mol. The van der Waals surface area contributed by atoms with E-state index in [-0.39, 0.29) is 29.1 Å². The van der Waals surface area contributed by atoms with Crippen molar-refractivity contribution in [3.8, 4) is 11.4 Å². The van der Waals surface area contributed by atoms with Crippen molar-refractivity contribution in [1.29, 1.82) is 0 Å². The summed E-state index contributed by atoms with van der Waals surface area (Å²) in [6, 6.07) is 8.13. The highest BCUT2D eigenvalue weighted by molar-refractivity contribution is 6.68. The molecule has 10 radical (unpaired) electrons. The number of rotatable bonds is 2. The third-order valence-corrected chi connectivity index (χ3v) is 8.62. The molecule has 1 aliphatic rings. The molecule has 0 atom stereocenters. The molecule has 36 heavy (non-hydrogen) atoms. The Hall–Kier alpha value is -2.39. The van der Waals surface area contributed by atoms with Crippen molar-refractivity contribution in [3.05, 3.63) is 35.4 Å². The Morgan fingerprint density at radius 2 is 1.36 bits per heavy atom. The molecule has 0 bridgehead atoms. The van der Waals surface area contributed by atoms with Gasteiger partial charge >= 0.3 is 6.92 Å². The van der Waals surface area contributed by atoms with Crippen LogP contribution in [-0.4, -0.2) is 61.4 Å². The normalized spacial score (nSPS) is 16.9. The van der Waals surface area contributed by atoms with Gasteiger partial charge in [-0.3, -0.25) is 0 Å². The smallest absolute Gasteiger partial charge is 0.327 e. The van der Waals surface area contributed by atoms with Crippen molar-refractivity contribution in [2.75, 3.05) is 0 Å². The van der Waals surface area contributed by atoms with Crippen LogP contribution < -0.4 is 32.8 Å². The number of hydrogen-bond acceptors (Lipinski definition) is 2.